The van der Waals surface area contributed by atoms with Gasteiger partial charge >= 0.3 is 17.9 Å². The average Bonchev–Trinajstić information content (AvgIpc) is 2.88. The van der Waals surface area contributed by atoms with Crippen LogP contribution in [0.3, 0.4) is 0 Å². The van der Waals surface area contributed by atoms with E-state index in [2.05, 4.69) is 0 Å². The number of sulfone groups is 1. The molecule has 0 bridgehead atoms. The van der Waals surface area contributed by atoms with E-state index in [1.54, 1.807) is 30.3 Å². The van der Waals surface area contributed by atoms with Crippen molar-refractivity contribution in [3.05, 3.63) is 35.9 Å². The van der Waals surface area contributed by atoms with Crippen LogP contribution >= 0.6 is 0 Å². The molecule has 1 heterocycles. The minimum atomic E-state index is -3.66. The first kappa shape index (κ1) is 22.8. The molecule has 1 aromatic rings. The third kappa shape index (κ3) is 7.13. The largest absolute Gasteiger partial charge is 0.463 e. The quantitative estimate of drug-likeness (QED) is 0.437. The van der Waals surface area contributed by atoms with Crippen LogP contribution in [-0.2, 0) is 48.9 Å². The fraction of sp³-hybridized carbons (Fsp3) is 0.526. The van der Waals surface area contributed by atoms with E-state index in [0.29, 0.717) is 5.56 Å². The molecule has 1 fully saturated rings. The van der Waals surface area contributed by atoms with Crippen molar-refractivity contribution in [1.82, 2.24) is 0 Å². The molecule has 0 saturated carbocycles. The lowest BCUT2D eigenvalue weighted by Crippen LogP contribution is -2.42. The van der Waals surface area contributed by atoms with E-state index in [1.165, 1.54) is 6.92 Å². The third-order valence-corrected chi connectivity index (χ3v) is 5.72. The Morgan fingerprint density at radius 2 is 1.45 bits per heavy atom. The first-order valence-corrected chi connectivity index (χ1v) is 10.8. The maximum atomic E-state index is 12.7. The molecule has 1 aromatic carbocycles. The summed E-state index contributed by atoms with van der Waals surface area (Å²) in [5, 5.41) is 0. The molecule has 10 heteroatoms. The zero-order valence-electron chi connectivity index (χ0n) is 16.4. The first-order valence-electron chi connectivity index (χ1n) is 8.95. The molecule has 0 aromatic heterocycles. The molecule has 1 aliphatic rings. The molecule has 1 aliphatic heterocycles. The van der Waals surface area contributed by atoms with Gasteiger partial charge in [-0.15, -0.1) is 0 Å². The third-order valence-electron chi connectivity index (χ3n) is 4.11. The zero-order chi connectivity index (χ0) is 21.6. The predicted octanol–water partition coefficient (Wildman–Crippen LogP) is 0.795. The number of esters is 3. The van der Waals surface area contributed by atoms with Crippen LogP contribution in [-0.4, -0.2) is 63.1 Å². The maximum Gasteiger partial charge on any atom is 0.303 e. The summed E-state index contributed by atoms with van der Waals surface area (Å²) in [4.78, 5) is 34.2. The predicted molar refractivity (Wildman–Crippen MR) is 100 cm³/mol. The molecule has 0 spiro atoms. The van der Waals surface area contributed by atoms with E-state index < -0.39 is 57.9 Å². The second-order valence-electron chi connectivity index (χ2n) is 6.70. The highest BCUT2D eigenvalue weighted by Gasteiger charge is 2.50. The number of carbonyl (C=O) groups excluding carboxylic acids is 3. The van der Waals surface area contributed by atoms with Crippen molar-refractivity contribution in [3.63, 3.8) is 0 Å². The second kappa shape index (κ2) is 9.84. The zero-order valence-corrected chi connectivity index (χ0v) is 17.2. The van der Waals surface area contributed by atoms with Crippen molar-refractivity contribution in [2.75, 3.05) is 12.4 Å². The van der Waals surface area contributed by atoms with Crippen LogP contribution in [0.2, 0.25) is 0 Å². The Labute approximate surface area is 169 Å². The van der Waals surface area contributed by atoms with Crippen LogP contribution < -0.4 is 0 Å². The van der Waals surface area contributed by atoms with Gasteiger partial charge in [-0.25, -0.2) is 8.42 Å². The highest BCUT2D eigenvalue weighted by molar-refractivity contribution is 7.90. The Morgan fingerprint density at radius 1 is 0.897 bits per heavy atom. The number of hydrogen-bond acceptors (Lipinski definition) is 9. The number of ether oxygens (including phenoxy) is 4. The minimum Gasteiger partial charge on any atom is -0.463 e. The number of rotatable bonds is 8. The lowest BCUT2D eigenvalue weighted by atomic mass is 10.1. The summed E-state index contributed by atoms with van der Waals surface area (Å²) in [6, 6.07) is 8.59. The van der Waals surface area contributed by atoms with Gasteiger partial charge in [-0.1, -0.05) is 30.3 Å². The molecule has 29 heavy (non-hydrogen) atoms. The van der Waals surface area contributed by atoms with E-state index in [9.17, 15) is 22.8 Å². The van der Waals surface area contributed by atoms with Crippen molar-refractivity contribution in [3.8, 4) is 0 Å². The fourth-order valence-corrected chi connectivity index (χ4v) is 4.66. The molecule has 0 unspecified atom stereocenters. The average molecular weight is 428 g/mol. The van der Waals surface area contributed by atoms with Gasteiger partial charge in [-0.3, -0.25) is 14.4 Å². The Morgan fingerprint density at radius 3 is 1.97 bits per heavy atom. The van der Waals surface area contributed by atoms with E-state index in [4.69, 9.17) is 18.9 Å². The Bertz CT molecular complexity index is 834. The van der Waals surface area contributed by atoms with Crippen molar-refractivity contribution < 1.29 is 41.7 Å². The SMILES string of the molecule is CC(=O)OC[C@H]1O[C@@H](CS(=O)(=O)Cc2ccccc2)[C@@H](OC(C)=O)[C@@H]1OC(C)=O. The first-order chi connectivity index (χ1) is 13.6. The Hall–Kier alpha value is -2.46. The molecule has 0 N–H and O–H groups in total. The van der Waals surface area contributed by atoms with Gasteiger partial charge in [-0.05, 0) is 5.56 Å². The van der Waals surface area contributed by atoms with Crippen molar-refractivity contribution in [1.29, 1.82) is 0 Å². The van der Waals surface area contributed by atoms with Crippen LogP contribution in [0.15, 0.2) is 30.3 Å². The molecule has 2 rings (SSSR count). The van der Waals surface area contributed by atoms with Crippen LogP contribution in [0.25, 0.3) is 0 Å². The second-order valence-corrected chi connectivity index (χ2v) is 8.81. The normalized spacial score (nSPS) is 24.0. The summed E-state index contributed by atoms with van der Waals surface area (Å²) < 4.78 is 46.4. The van der Waals surface area contributed by atoms with Crippen LogP contribution in [0, 0.1) is 0 Å². The van der Waals surface area contributed by atoms with Gasteiger partial charge in [0.2, 0.25) is 0 Å². The molecule has 4 atom stereocenters. The number of carbonyl (C=O) groups is 3. The number of benzene rings is 1. The molecule has 0 radical (unpaired) electrons. The molecule has 0 amide bonds. The van der Waals surface area contributed by atoms with Gasteiger partial charge in [0.05, 0.1) is 11.5 Å². The Kier molecular flexibility index (Phi) is 7.74. The van der Waals surface area contributed by atoms with Crippen LogP contribution in [0.1, 0.15) is 26.3 Å². The summed E-state index contributed by atoms with van der Waals surface area (Å²) in [6.07, 6.45) is -4.31. The smallest absolute Gasteiger partial charge is 0.303 e. The van der Waals surface area contributed by atoms with E-state index in [1.807, 2.05) is 0 Å². The van der Waals surface area contributed by atoms with Gasteiger partial charge in [-0.2, -0.15) is 0 Å². The van der Waals surface area contributed by atoms with E-state index in [-0.39, 0.29) is 12.4 Å². The van der Waals surface area contributed by atoms with E-state index in [0.717, 1.165) is 13.8 Å². The van der Waals surface area contributed by atoms with E-state index >= 15 is 0 Å². The van der Waals surface area contributed by atoms with Gasteiger partial charge in [0.25, 0.3) is 0 Å². The van der Waals surface area contributed by atoms with Crippen LogP contribution in [0.4, 0.5) is 0 Å². The Balaban J connectivity index is 2.22. The van der Waals surface area contributed by atoms with Gasteiger partial charge in [0.1, 0.15) is 18.8 Å². The lowest BCUT2D eigenvalue weighted by molar-refractivity contribution is -0.165. The standard InChI is InChI=1S/C19H24O9S/c1-12(20)25-9-16-18(26-13(2)21)19(27-14(3)22)17(28-16)11-29(23,24)10-15-7-5-4-6-8-15/h4-8,16-19H,9-11H2,1-3H3/t16-,17+,18-,19-/m1/s1. The van der Waals surface area contributed by atoms with Crippen LogP contribution in [0.5, 0.6) is 0 Å². The molecule has 9 nitrogen and oxygen atoms in total. The highest BCUT2D eigenvalue weighted by atomic mass is 32.2. The molecule has 0 aliphatic carbocycles. The lowest BCUT2D eigenvalue weighted by Gasteiger charge is -2.23. The molecular formula is C19H24O9S. The number of hydrogen-bond donors (Lipinski definition) is 0. The highest BCUT2D eigenvalue weighted by Crippen LogP contribution is 2.29. The molecular weight excluding hydrogens is 404 g/mol. The van der Waals surface area contributed by atoms with Gasteiger partial charge < -0.3 is 18.9 Å². The summed E-state index contributed by atoms with van der Waals surface area (Å²) in [5.41, 5.74) is 0.600. The van der Waals surface area contributed by atoms with Crippen molar-refractivity contribution in [2.45, 2.75) is 50.9 Å². The topological polar surface area (TPSA) is 122 Å². The maximum absolute atomic E-state index is 12.7. The monoisotopic (exact) mass is 428 g/mol. The molecule has 1 saturated heterocycles. The summed E-state index contributed by atoms with van der Waals surface area (Å²) in [6.45, 7) is 3.23. The molecule has 160 valence electrons. The summed E-state index contributed by atoms with van der Waals surface area (Å²) >= 11 is 0. The minimum absolute atomic E-state index is 0.229. The summed E-state index contributed by atoms with van der Waals surface area (Å²) in [5.74, 6) is -2.63. The van der Waals surface area contributed by atoms with Gasteiger partial charge in [0.15, 0.2) is 22.0 Å². The van der Waals surface area contributed by atoms with Crippen molar-refractivity contribution in [2.24, 2.45) is 0 Å². The fourth-order valence-electron chi connectivity index (χ4n) is 3.08. The summed E-state index contributed by atoms with van der Waals surface area (Å²) in [7, 11) is -3.66. The van der Waals surface area contributed by atoms with Crippen molar-refractivity contribution >= 4 is 27.7 Å². The van der Waals surface area contributed by atoms with Gasteiger partial charge in [0, 0.05) is 20.8 Å².